The molecule has 0 saturated heterocycles. The average molecular weight is 315 g/mol. The van der Waals surface area contributed by atoms with Gasteiger partial charge in [0.2, 0.25) is 0 Å². The quantitative estimate of drug-likeness (QED) is 0.660. The molecule has 0 unspecified atom stereocenters. The van der Waals surface area contributed by atoms with Crippen molar-refractivity contribution in [3.63, 3.8) is 0 Å². The Labute approximate surface area is 135 Å². The Morgan fingerprint density at radius 3 is 2.87 bits per heavy atom. The number of hydrogen-bond donors (Lipinski definition) is 2. The van der Waals surface area contributed by atoms with Crippen LogP contribution in [0.25, 0.3) is 0 Å². The van der Waals surface area contributed by atoms with Gasteiger partial charge in [0, 0.05) is 17.5 Å². The number of ether oxygens (including phenoxy) is 1. The second kappa shape index (κ2) is 6.07. The third-order valence-corrected chi connectivity index (χ3v) is 4.41. The Balaban J connectivity index is 1.88. The van der Waals surface area contributed by atoms with Crippen molar-refractivity contribution >= 4 is 17.6 Å². The molecule has 0 amide bonds. The minimum Gasteiger partial charge on any atom is -0.480 e. The third kappa shape index (κ3) is 2.96. The zero-order chi connectivity index (χ0) is 16.6. The van der Waals surface area contributed by atoms with Gasteiger partial charge in [0.05, 0.1) is 12.2 Å². The van der Waals surface area contributed by atoms with Crippen molar-refractivity contribution in [3.05, 3.63) is 41.5 Å². The molecule has 122 valence electrons. The lowest BCUT2D eigenvalue weighted by molar-refractivity contribution is -0.139. The van der Waals surface area contributed by atoms with Crippen LogP contribution in [0.15, 0.2) is 30.4 Å². The fraction of sp³-hybridized carbons (Fsp3) is 0.444. The molecule has 0 saturated carbocycles. The van der Waals surface area contributed by atoms with Crippen LogP contribution in [0.1, 0.15) is 42.1 Å². The van der Waals surface area contributed by atoms with Crippen LogP contribution in [0, 0.1) is 11.8 Å². The van der Waals surface area contributed by atoms with E-state index in [2.05, 4.69) is 5.32 Å². The van der Waals surface area contributed by atoms with Gasteiger partial charge in [0.1, 0.15) is 6.04 Å². The van der Waals surface area contributed by atoms with Crippen molar-refractivity contribution in [2.45, 2.75) is 32.2 Å². The number of hydrogen-bond acceptors (Lipinski definition) is 4. The maximum absolute atomic E-state index is 12.1. The largest absolute Gasteiger partial charge is 0.480 e. The molecule has 3 rings (SSSR count). The zero-order valence-corrected chi connectivity index (χ0v) is 13.3. The highest BCUT2D eigenvalue weighted by atomic mass is 16.5. The number of carbonyl (C=O) groups excluding carboxylic acids is 1. The number of allylic oxidation sites excluding steroid dienone is 2. The molecule has 0 aromatic heterocycles. The van der Waals surface area contributed by atoms with Gasteiger partial charge in [-0.2, -0.15) is 0 Å². The molecule has 0 radical (unpaired) electrons. The molecule has 1 heterocycles. The molecule has 0 spiro atoms. The number of fused-ring (bicyclic) bond motifs is 3. The first-order chi connectivity index (χ1) is 11.0. The lowest BCUT2D eigenvalue weighted by atomic mass is 9.79. The normalized spacial score (nSPS) is 24.7. The molecule has 0 fully saturated rings. The van der Waals surface area contributed by atoms with Gasteiger partial charge in [0.15, 0.2) is 0 Å². The summed E-state index contributed by atoms with van der Waals surface area (Å²) in [5.74, 6) is -0.862. The van der Waals surface area contributed by atoms with Crippen LogP contribution in [0.5, 0.6) is 0 Å². The summed E-state index contributed by atoms with van der Waals surface area (Å²) in [5, 5.41) is 12.5. The third-order valence-electron chi connectivity index (χ3n) is 4.41. The zero-order valence-electron chi connectivity index (χ0n) is 13.3. The maximum atomic E-state index is 12.1. The van der Waals surface area contributed by atoms with E-state index in [4.69, 9.17) is 4.74 Å². The first-order valence-corrected chi connectivity index (χ1v) is 7.94. The van der Waals surface area contributed by atoms with Gasteiger partial charge in [-0.1, -0.05) is 26.0 Å². The number of rotatable bonds is 4. The van der Waals surface area contributed by atoms with Crippen molar-refractivity contribution in [1.29, 1.82) is 0 Å². The van der Waals surface area contributed by atoms with Crippen LogP contribution in [-0.4, -0.2) is 29.7 Å². The summed E-state index contributed by atoms with van der Waals surface area (Å²) in [5.41, 5.74) is 2.27. The second-order valence-corrected chi connectivity index (χ2v) is 6.61. The second-order valence-electron chi connectivity index (χ2n) is 6.61. The number of carboxylic acid groups (broad SMARTS) is 1. The van der Waals surface area contributed by atoms with Gasteiger partial charge in [-0.3, -0.25) is 0 Å². The summed E-state index contributed by atoms with van der Waals surface area (Å²) in [6.07, 6.45) is 4.80. The topological polar surface area (TPSA) is 75.6 Å². The molecule has 1 aromatic carbocycles. The molecule has 1 aliphatic carbocycles. The average Bonchev–Trinajstić information content (AvgIpc) is 3.00. The minimum absolute atomic E-state index is 0.0121. The predicted molar refractivity (Wildman–Crippen MR) is 86.6 cm³/mol. The number of carbonyl (C=O) groups is 2. The Hall–Kier alpha value is -2.30. The molecule has 0 bridgehead atoms. The highest BCUT2D eigenvalue weighted by molar-refractivity contribution is 5.91. The van der Waals surface area contributed by atoms with Crippen LogP contribution in [-0.2, 0) is 9.53 Å². The van der Waals surface area contributed by atoms with Crippen LogP contribution in [0.4, 0.5) is 5.69 Å². The molecule has 2 N–H and O–H groups in total. The lowest BCUT2D eigenvalue weighted by Crippen LogP contribution is -2.41. The Morgan fingerprint density at radius 2 is 2.17 bits per heavy atom. The molecule has 5 nitrogen and oxygen atoms in total. The SMILES string of the molecule is CC(C)COC(=O)c1ccc2c(c1)[C@@H]1C=CC[C@@H]1[C@@H](C(=O)O)N2. The van der Waals surface area contributed by atoms with Gasteiger partial charge >= 0.3 is 11.9 Å². The van der Waals surface area contributed by atoms with Gasteiger partial charge in [0.25, 0.3) is 0 Å². The standard InChI is InChI=1S/C18H21NO4/c1-10(2)9-23-18(22)11-6-7-15-14(8-11)12-4-3-5-13(12)16(19-15)17(20)21/h3-4,6-8,10,12-13,16,19H,5,9H2,1-2H3,(H,20,21)/t12-,13+,16+/m1/s1. The summed E-state index contributed by atoms with van der Waals surface area (Å²) in [4.78, 5) is 23.6. The van der Waals surface area contributed by atoms with Gasteiger partial charge in [-0.15, -0.1) is 0 Å². The molecule has 3 atom stereocenters. The van der Waals surface area contributed by atoms with E-state index in [0.29, 0.717) is 12.2 Å². The first kappa shape index (κ1) is 15.6. The lowest BCUT2D eigenvalue weighted by Gasteiger charge is -2.34. The highest BCUT2D eigenvalue weighted by Gasteiger charge is 2.40. The number of carboxylic acids is 1. The predicted octanol–water partition coefficient (Wildman–Crippen LogP) is 3.04. The number of nitrogens with one attached hydrogen (secondary N) is 1. The van der Waals surface area contributed by atoms with E-state index in [-0.39, 0.29) is 23.7 Å². The first-order valence-electron chi connectivity index (χ1n) is 7.94. The molecular weight excluding hydrogens is 294 g/mol. The van der Waals surface area contributed by atoms with Gasteiger partial charge < -0.3 is 15.2 Å². The van der Waals surface area contributed by atoms with E-state index >= 15 is 0 Å². The van der Waals surface area contributed by atoms with E-state index in [0.717, 1.165) is 17.7 Å². The van der Waals surface area contributed by atoms with Crippen molar-refractivity contribution in [2.24, 2.45) is 11.8 Å². The van der Waals surface area contributed by atoms with Crippen LogP contribution < -0.4 is 5.32 Å². The van der Waals surface area contributed by atoms with E-state index in [1.807, 2.05) is 32.1 Å². The summed E-state index contributed by atoms with van der Waals surface area (Å²) in [6.45, 7) is 4.37. The molecule has 5 heteroatoms. The van der Waals surface area contributed by atoms with Gasteiger partial charge in [-0.05, 0) is 36.1 Å². The van der Waals surface area contributed by atoms with Gasteiger partial charge in [-0.25, -0.2) is 9.59 Å². The Kier molecular flexibility index (Phi) is 4.11. The smallest absolute Gasteiger partial charge is 0.338 e. The number of esters is 1. The molecule has 1 aliphatic heterocycles. The Morgan fingerprint density at radius 1 is 1.39 bits per heavy atom. The van der Waals surface area contributed by atoms with Crippen molar-refractivity contribution < 1.29 is 19.4 Å². The van der Waals surface area contributed by atoms with E-state index in [1.54, 1.807) is 12.1 Å². The summed E-state index contributed by atoms with van der Waals surface area (Å²) < 4.78 is 5.28. The molecule has 1 aromatic rings. The summed E-state index contributed by atoms with van der Waals surface area (Å²) in [6, 6.07) is 4.70. The number of anilines is 1. The van der Waals surface area contributed by atoms with Crippen molar-refractivity contribution in [3.8, 4) is 0 Å². The molecule has 2 aliphatic rings. The monoisotopic (exact) mass is 315 g/mol. The maximum Gasteiger partial charge on any atom is 0.338 e. The minimum atomic E-state index is -0.838. The fourth-order valence-electron chi connectivity index (χ4n) is 3.29. The van der Waals surface area contributed by atoms with Crippen LogP contribution in [0.2, 0.25) is 0 Å². The Bertz CT molecular complexity index is 665. The van der Waals surface area contributed by atoms with E-state index in [1.165, 1.54) is 0 Å². The number of aliphatic carboxylic acids is 1. The number of benzene rings is 1. The van der Waals surface area contributed by atoms with E-state index < -0.39 is 12.0 Å². The van der Waals surface area contributed by atoms with Crippen LogP contribution in [0.3, 0.4) is 0 Å². The summed E-state index contributed by atoms with van der Waals surface area (Å²) in [7, 11) is 0. The summed E-state index contributed by atoms with van der Waals surface area (Å²) >= 11 is 0. The van der Waals surface area contributed by atoms with Crippen LogP contribution >= 0.6 is 0 Å². The van der Waals surface area contributed by atoms with Crippen molar-refractivity contribution in [2.75, 3.05) is 11.9 Å². The van der Waals surface area contributed by atoms with Crippen molar-refractivity contribution in [1.82, 2.24) is 0 Å². The highest BCUT2D eigenvalue weighted by Crippen LogP contribution is 2.44. The van der Waals surface area contributed by atoms with E-state index in [9.17, 15) is 14.7 Å². The molecular formula is C18H21NO4. The molecule has 23 heavy (non-hydrogen) atoms. The fourth-order valence-corrected chi connectivity index (χ4v) is 3.29.